The topological polar surface area (TPSA) is 122 Å². The largest absolute Gasteiger partial charge is 0.472 e. The van der Waals surface area contributed by atoms with E-state index >= 15 is 0 Å². The normalized spacial score (nSPS) is 47.7. The van der Waals surface area contributed by atoms with Crippen molar-refractivity contribution >= 4 is 23.7 Å². The van der Waals surface area contributed by atoms with Crippen LogP contribution < -0.4 is 0 Å². The average molecular weight is 515 g/mol. The molecule has 0 amide bonds. The molecule has 2 saturated carbocycles. The molecule has 4 heterocycles. The number of ether oxygens (including phenoxy) is 4. The molecule has 1 aromatic heterocycles. The summed E-state index contributed by atoms with van der Waals surface area (Å²) < 4.78 is 29.3. The number of hydrogen-bond acceptors (Lipinski definition) is 9. The third-order valence-electron chi connectivity index (χ3n) is 10.8. The van der Waals surface area contributed by atoms with Crippen LogP contribution in [0.2, 0.25) is 0 Å². The molecular weight excluding hydrogens is 480 g/mol. The Morgan fingerprint density at radius 3 is 2.41 bits per heavy atom. The fourth-order valence-corrected chi connectivity index (χ4v) is 9.24. The second-order valence-corrected chi connectivity index (χ2v) is 12.7. The van der Waals surface area contributed by atoms with Gasteiger partial charge in [0, 0.05) is 35.7 Å². The smallest absolute Gasteiger partial charge is 0.339 e. The predicted molar refractivity (Wildman–Crippen MR) is 126 cm³/mol. The van der Waals surface area contributed by atoms with Gasteiger partial charge in [0.05, 0.1) is 24.4 Å². The lowest BCUT2D eigenvalue weighted by molar-refractivity contribution is -0.234. The van der Waals surface area contributed by atoms with E-state index < -0.39 is 63.7 Å². The molecule has 0 radical (unpaired) electrons. The average Bonchev–Trinajstić information content (AvgIpc) is 3.38. The SMILES string of the molecule is CC(=O)O[C@@H]1CC(=O)OC(C)(C)[C@@H]2CC(=O)[C@]3(C)[C@H](CC[C@@]4(C)[C@H](c5ccoc5)OC(=O)[C@@H]5O[C@]543)[C@]12C. The molecular formula is C28H34O9. The van der Waals surface area contributed by atoms with Crippen molar-refractivity contribution in [2.45, 2.75) is 96.7 Å². The number of ketones is 1. The first-order valence-corrected chi connectivity index (χ1v) is 13.1. The van der Waals surface area contributed by atoms with Crippen molar-refractivity contribution in [1.29, 1.82) is 0 Å². The summed E-state index contributed by atoms with van der Waals surface area (Å²) in [7, 11) is 0. The van der Waals surface area contributed by atoms with Crippen LogP contribution in [0.5, 0.6) is 0 Å². The number of carbonyl (C=O) groups excluding carboxylic acids is 4. The minimum atomic E-state index is -1.09. The molecule has 9 atom stereocenters. The molecule has 5 aliphatic rings. The number of epoxide rings is 1. The zero-order valence-electron chi connectivity index (χ0n) is 22.1. The summed E-state index contributed by atoms with van der Waals surface area (Å²) in [6.07, 6.45) is 2.06. The van der Waals surface area contributed by atoms with Gasteiger partial charge < -0.3 is 23.4 Å². The van der Waals surface area contributed by atoms with E-state index in [0.717, 1.165) is 5.56 Å². The number of Topliss-reactive ketones (excluding diaryl/α,β-unsaturated/α-hetero) is 1. The minimum absolute atomic E-state index is 0.0263. The quantitative estimate of drug-likeness (QED) is 0.330. The van der Waals surface area contributed by atoms with Crippen molar-refractivity contribution in [2.24, 2.45) is 28.1 Å². The van der Waals surface area contributed by atoms with Crippen molar-refractivity contribution in [3.05, 3.63) is 24.2 Å². The number of rotatable bonds is 2. The monoisotopic (exact) mass is 514 g/mol. The van der Waals surface area contributed by atoms with Crippen molar-refractivity contribution < 1.29 is 42.5 Å². The van der Waals surface area contributed by atoms with Crippen LogP contribution >= 0.6 is 0 Å². The van der Waals surface area contributed by atoms with Crippen LogP contribution in [0.1, 0.15) is 78.9 Å². The fraction of sp³-hybridized carbons (Fsp3) is 0.714. The zero-order valence-corrected chi connectivity index (χ0v) is 22.1. The van der Waals surface area contributed by atoms with E-state index in [4.69, 9.17) is 23.4 Å². The van der Waals surface area contributed by atoms with Gasteiger partial charge in [-0.2, -0.15) is 0 Å². The highest BCUT2D eigenvalue weighted by Gasteiger charge is 2.88. The Hall–Kier alpha value is -2.68. The first-order valence-electron chi connectivity index (χ1n) is 13.1. The van der Waals surface area contributed by atoms with E-state index in [9.17, 15) is 19.2 Å². The van der Waals surface area contributed by atoms with Crippen molar-refractivity contribution in [1.82, 2.24) is 0 Å². The second-order valence-electron chi connectivity index (χ2n) is 12.7. The minimum Gasteiger partial charge on any atom is -0.472 e. The first kappa shape index (κ1) is 24.6. The van der Waals surface area contributed by atoms with Gasteiger partial charge in [-0.05, 0) is 45.6 Å². The molecule has 1 spiro atoms. The molecule has 3 saturated heterocycles. The molecule has 3 aliphatic heterocycles. The molecule has 0 bridgehead atoms. The highest BCUT2D eigenvalue weighted by atomic mass is 16.7. The van der Waals surface area contributed by atoms with E-state index in [1.165, 1.54) is 13.2 Å². The van der Waals surface area contributed by atoms with Gasteiger partial charge in [0.1, 0.15) is 29.2 Å². The summed E-state index contributed by atoms with van der Waals surface area (Å²) in [5.74, 6) is -2.18. The first-order chi connectivity index (χ1) is 17.2. The number of esters is 3. The van der Waals surface area contributed by atoms with Crippen molar-refractivity contribution in [3.63, 3.8) is 0 Å². The molecule has 200 valence electrons. The van der Waals surface area contributed by atoms with E-state index in [1.54, 1.807) is 12.3 Å². The Morgan fingerprint density at radius 2 is 1.76 bits per heavy atom. The third kappa shape index (κ3) is 2.79. The predicted octanol–water partition coefficient (Wildman–Crippen LogP) is 3.69. The summed E-state index contributed by atoms with van der Waals surface area (Å²) in [6, 6.07) is 1.78. The Kier molecular flexibility index (Phi) is 4.82. The van der Waals surface area contributed by atoms with Gasteiger partial charge in [-0.1, -0.05) is 13.8 Å². The van der Waals surface area contributed by atoms with E-state index in [0.29, 0.717) is 12.8 Å². The van der Waals surface area contributed by atoms with Gasteiger partial charge in [0.25, 0.3) is 0 Å². The van der Waals surface area contributed by atoms with Gasteiger partial charge in [0.15, 0.2) is 6.10 Å². The van der Waals surface area contributed by atoms with Crippen LogP contribution in [0, 0.1) is 28.1 Å². The van der Waals surface area contributed by atoms with Crippen LogP contribution in [-0.4, -0.2) is 47.1 Å². The Bertz CT molecular complexity index is 1200. The fourth-order valence-electron chi connectivity index (χ4n) is 9.24. The Balaban J connectivity index is 1.54. The van der Waals surface area contributed by atoms with E-state index in [1.807, 2.05) is 34.6 Å². The third-order valence-corrected chi connectivity index (χ3v) is 10.8. The lowest BCUT2D eigenvalue weighted by Crippen LogP contribution is -2.72. The lowest BCUT2D eigenvalue weighted by atomic mass is 9.37. The van der Waals surface area contributed by atoms with Crippen molar-refractivity contribution in [2.75, 3.05) is 0 Å². The molecule has 2 aliphatic carbocycles. The zero-order chi connectivity index (χ0) is 26.8. The number of hydrogen-bond donors (Lipinski definition) is 0. The summed E-state index contributed by atoms with van der Waals surface area (Å²) in [6.45, 7) is 11.0. The highest BCUT2D eigenvalue weighted by Crippen LogP contribution is 2.78. The molecule has 9 heteroatoms. The summed E-state index contributed by atoms with van der Waals surface area (Å²) in [5, 5.41) is 0. The van der Waals surface area contributed by atoms with Crippen LogP contribution in [0.4, 0.5) is 0 Å². The lowest BCUT2D eigenvalue weighted by Gasteiger charge is -2.66. The number of furan rings is 1. The standard InChI is InChI=1S/C28H34O9/c1-14(29)34-19-12-20(31)36-24(2,3)17-11-18(30)27(6)16(26(17,19)5)7-9-25(4)21(15-8-10-33-13-15)35-23(32)22-28(25,27)37-22/h8,10,13,16-17,19,21-22H,7,9,11-12H2,1-6H3/t16-,17+,19-,21+,22+,25+,26+,27+,28-/m1/s1. The highest BCUT2D eigenvalue weighted by molar-refractivity contribution is 5.93. The number of fused-ring (bicyclic) bond motifs is 3. The van der Waals surface area contributed by atoms with Gasteiger partial charge in [-0.3, -0.25) is 14.4 Å². The summed E-state index contributed by atoms with van der Waals surface area (Å²) >= 11 is 0. The van der Waals surface area contributed by atoms with Crippen LogP contribution in [0.3, 0.4) is 0 Å². The maximum absolute atomic E-state index is 14.4. The van der Waals surface area contributed by atoms with E-state index in [-0.39, 0.29) is 30.5 Å². The number of carbonyl (C=O) groups is 4. The molecule has 9 nitrogen and oxygen atoms in total. The van der Waals surface area contributed by atoms with Gasteiger partial charge in [-0.15, -0.1) is 0 Å². The van der Waals surface area contributed by atoms with Crippen LogP contribution in [0.25, 0.3) is 0 Å². The molecule has 6 rings (SSSR count). The van der Waals surface area contributed by atoms with Crippen LogP contribution in [-0.2, 0) is 38.1 Å². The molecule has 1 aromatic rings. The Morgan fingerprint density at radius 1 is 1.03 bits per heavy atom. The summed E-state index contributed by atoms with van der Waals surface area (Å²) in [4.78, 5) is 52.7. The second kappa shape index (κ2) is 7.24. The van der Waals surface area contributed by atoms with Gasteiger partial charge >= 0.3 is 17.9 Å². The molecule has 0 N–H and O–H groups in total. The van der Waals surface area contributed by atoms with E-state index in [2.05, 4.69) is 0 Å². The number of cyclic esters (lactones) is 2. The molecule has 37 heavy (non-hydrogen) atoms. The summed E-state index contributed by atoms with van der Waals surface area (Å²) in [5.41, 5.74) is -3.88. The Labute approximate surface area is 215 Å². The van der Waals surface area contributed by atoms with Gasteiger partial charge in [0.2, 0.25) is 0 Å². The maximum Gasteiger partial charge on any atom is 0.339 e. The molecule has 0 unspecified atom stereocenters. The van der Waals surface area contributed by atoms with Crippen LogP contribution in [0.15, 0.2) is 23.0 Å². The van der Waals surface area contributed by atoms with Gasteiger partial charge in [-0.25, -0.2) is 4.79 Å². The molecule has 5 fully saturated rings. The maximum atomic E-state index is 14.4. The molecule has 0 aromatic carbocycles. The van der Waals surface area contributed by atoms with Crippen molar-refractivity contribution in [3.8, 4) is 0 Å².